The molecule has 1 N–H and O–H groups in total. The van der Waals surface area contributed by atoms with E-state index < -0.39 is 0 Å². The van der Waals surface area contributed by atoms with E-state index in [1.165, 1.54) is 12.1 Å². The molecular formula is C18H21F2N. The molecule has 21 heavy (non-hydrogen) atoms. The van der Waals surface area contributed by atoms with E-state index in [1.807, 2.05) is 19.9 Å². The third-order valence-corrected chi connectivity index (χ3v) is 3.57. The Hall–Kier alpha value is -1.74. The highest BCUT2D eigenvalue weighted by atomic mass is 19.1. The van der Waals surface area contributed by atoms with Crippen LogP contribution in [-0.2, 0) is 0 Å². The van der Waals surface area contributed by atoms with Crippen LogP contribution >= 0.6 is 0 Å². The summed E-state index contributed by atoms with van der Waals surface area (Å²) >= 11 is 0. The minimum absolute atomic E-state index is 0.217. The molecule has 0 spiro atoms. The van der Waals surface area contributed by atoms with Crippen LogP contribution in [0.25, 0.3) is 0 Å². The van der Waals surface area contributed by atoms with Gasteiger partial charge in [-0.1, -0.05) is 25.1 Å². The highest BCUT2D eigenvalue weighted by molar-refractivity contribution is 5.40. The summed E-state index contributed by atoms with van der Waals surface area (Å²) in [5.41, 5.74) is 3.32. The fourth-order valence-electron chi connectivity index (χ4n) is 2.62. The van der Waals surface area contributed by atoms with E-state index in [1.54, 1.807) is 18.2 Å². The van der Waals surface area contributed by atoms with E-state index in [9.17, 15) is 8.78 Å². The van der Waals surface area contributed by atoms with Crippen LogP contribution in [0, 0.1) is 25.5 Å². The molecule has 0 aliphatic heterocycles. The van der Waals surface area contributed by atoms with Gasteiger partial charge in [0.15, 0.2) is 0 Å². The number of nitrogens with one attached hydrogen (secondary N) is 1. The summed E-state index contributed by atoms with van der Waals surface area (Å²) < 4.78 is 27.6. The predicted molar refractivity (Wildman–Crippen MR) is 82.4 cm³/mol. The van der Waals surface area contributed by atoms with Crippen LogP contribution < -0.4 is 5.32 Å². The molecule has 2 rings (SSSR count). The van der Waals surface area contributed by atoms with Crippen molar-refractivity contribution in [1.29, 1.82) is 0 Å². The molecule has 0 saturated heterocycles. The highest BCUT2D eigenvalue weighted by Crippen LogP contribution is 2.28. The van der Waals surface area contributed by atoms with Crippen molar-refractivity contribution in [3.05, 3.63) is 70.3 Å². The van der Waals surface area contributed by atoms with E-state index in [2.05, 4.69) is 12.2 Å². The Morgan fingerprint density at radius 1 is 1.05 bits per heavy atom. The second kappa shape index (κ2) is 6.81. The lowest BCUT2D eigenvalue weighted by Crippen LogP contribution is -2.25. The maximum atomic E-state index is 14.4. The van der Waals surface area contributed by atoms with Crippen LogP contribution in [0.15, 0.2) is 36.4 Å². The third-order valence-electron chi connectivity index (χ3n) is 3.57. The summed E-state index contributed by atoms with van der Waals surface area (Å²) in [6, 6.07) is 9.51. The van der Waals surface area contributed by atoms with Gasteiger partial charge in [-0.15, -0.1) is 0 Å². The van der Waals surface area contributed by atoms with Gasteiger partial charge in [0, 0.05) is 5.56 Å². The van der Waals surface area contributed by atoms with Crippen LogP contribution in [-0.4, -0.2) is 6.54 Å². The van der Waals surface area contributed by atoms with Crippen molar-refractivity contribution >= 4 is 0 Å². The van der Waals surface area contributed by atoms with Gasteiger partial charge >= 0.3 is 0 Å². The molecule has 0 aliphatic carbocycles. The van der Waals surface area contributed by atoms with Crippen LogP contribution in [0.1, 0.15) is 41.6 Å². The zero-order valence-corrected chi connectivity index (χ0v) is 12.7. The van der Waals surface area contributed by atoms with Gasteiger partial charge in [0.1, 0.15) is 11.6 Å². The molecule has 112 valence electrons. The Balaban J connectivity index is 2.47. The normalized spacial score (nSPS) is 12.4. The molecule has 1 nitrogen and oxygen atoms in total. The van der Waals surface area contributed by atoms with Gasteiger partial charge in [-0.25, -0.2) is 8.78 Å². The van der Waals surface area contributed by atoms with E-state index in [0.29, 0.717) is 5.56 Å². The van der Waals surface area contributed by atoms with Crippen molar-refractivity contribution in [3.8, 4) is 0 Å². The molecule has 3 heteroatoms. The predicted octanol–water partition coefficient (Wildman–Crippen LogP) is 4.67. The summed E-state index contributed by atoms with van der Waals surface area (Å²) in [5.74, 6) is -0.500. The minimum atomic E-state index is -0.283. The average molecular weight is 289 g/mol. The fraction of sp³-hybridized carbons (Fsp3) is 0.333. The van der Waals surface area contributed by atoms with Gasteiger partial charge in [0.2, 0.25) is 0 Å². The largest absolute Gasteiger partial charge is 0.306 e. The quantitative estimate of drug-likeness (QED) is 0.843. The van der Waals surface area contributed by atoms with Gasteiger partial charge in [-0.05, 0) is 61.7 Å². The maximum absolute atomic E-state index is 14.4. The van der Waals surface area contributed by atoms with Gasteiger partial charge in [0.25, 0.3) is 0 Å². The van der Waals surface area contributed by atoms with Crippen LogP contribution in [0.4, 0.5) is 8.78 Å². The SMILES string of the molecule is CCCNC(c1ccc(F)cc1)c1c(C)cc(C)cc1F. The molecule has 0 aromatic heterocycles. The average Bonchev–Trinajstić information content (AvgIpc) is 2.42. The monoisotopic (exact) mass is 289 g/mol. The van der Waals surface area contributed by atoms with Crippen molar-refractivity contribution < 1.29 is 8.78 Å². The first-order valence-corrected chi connectivity index (χ1v) is 7.28. The molecule has 0 amide bonds. The molecule has 0 bridgehead atoms. The molecule has 0 radical (unpaired) electrons. The van der Waals surface area contributed by atoms with Crippen molar-refractivity contribution in [2.75, 3.05) is 6.54 Å². The number of benzene rings is 2. The van der Waals surface area contributed by atoms with Crippen LogP contribution in [0.5, 0.6) is 0 Å². The van der Waals surface area contributed by atoms with Crippen molar-refractivity contribution in [2.45, 2.75) is 33.2 Å². The van der Waals surface area contributed by atoms with E-state index in [0.717, 1.165) is 29.7 Å². The molecule has 0 saturated carbocycles. The van der Waals surface area contributed by atoms with Crippen LogP contribution in [0.2, 0.25) is 0 Å². The number of halogens is 2. The van der Waals surface area contributed by atoms with Gasteiger partial charge in [0.05, 0.1) is 6.04 Å². The summed E-state index contributed by atoms with van der Waals surface area (Å²) in [6.07, 6.45) is 0.949. The summed E-state index contributed by atoms with van der Waals surface area (Å²) in [6.45, 7) is 6.63. The maximum Gasteiger partial charge on any atom is 0.128 e. The lowest BCUT2D eigenvalue weighted by atomic mass is 9.93. The van der Waals surface area contributed by atoms with Crippen molar-refractivity contribution in [2.24, 2.45) is 0 Å². The number of rotatable bonds is 5. The molecule has 1 unspecified atom stereocenters. The summed E-state index contributed by atoms with van der Waals surface area (Å²) in [7, 11) is 0. The second-order valence-electron chi connectivity index (χ2n) is 5.42. The third kappa shape index (κ3) is 3.67. The number of aryl methyl sites for hydroxylation is 2. The van der Waals surface area contributed by atoms with Gasteiger partial charge in [-0.3, -0.25) is 0 Å². The first kappa shape index (κ1) is 15.6. The van der Waals surface area contributed by atoms with E-state index in [-0.39, 0.29) is 17.7 Å². The van der Waals surface area contributed by atoms with Crippen molar-refractivity contribution in [1.82, 2.24) is 5.32 Å². The Morgan fingerprint density at radius 3 is 2.29 bits per heavy atom. The fourth-order valence-corrected chi connectivity index (χ4v) is 2.62. The number of hydrogen-bond donors (Lipinski definition) is 1. The molecule has 0 heterocycles. The van der Waals surface area contributed by atoms with Crippen molar-refractivity contribution in [3.63, 3.8) is 0 Å². The zero-order chi connectivity index (χ0) is 15.4. The Bertz CT molecular complexity index is 582. The number of hydrogen-bond acceptors (Lipinski definition) is 1. The van der Waals surface area contributed by atoms with E-state index >= 15 is 0 Å². The summed E-state index contributed by atoms with van der Waals surface area (Å²) in [5, 5.41) is 3.36. The second-order valence-corrected chi connectivity index (χ2v) is 5.42. The molecule has 1 atom stereocenters. The first-order valence-electron chi connectivity index (χ1n) is 7.28. The lowest BCUT2D eigenvalue weighted by molar-refractivity contribution is 0.542. The van der Waals surface area contributed by atoms with Crippen LogP contribution in [0.3, 0.4) is 0 Å². The van der Waals surface area contributed by atoms with Gasteiger partial charge < -0.3 is 5.32 Å². The highest BCUT2D eigenvalue weighted by Gasteiger charge is 2.20. The lowest BCUT2D eigenvalue weighted by Gasteiger charge is -2.22. The molecule has 0 aliphatic rings. The standard InChI is InChI=1S/C18H21F2N/c1-4-9-21-18(14-5-7-15(19)8-6-14)17-13(3)10-12(2)11-16(17)20/h5-8,10-11,18,21H,4,9H2,1-3H3. The van der Waals surface area contributed by atoms with E-state index in [4.69, 9.17) is 0 Å². The first-order chi connectivity index (χ1) is 10.0. The molecular weight excluding hydrogens is 268 g/mol. The Kier molecular flexibility index (Phi) is 5.07. The Morgan fingerprint density at radius 2 is 1.71 bits per heavy atom. The smallest absolute Gasteiger partial charge is 0.128 e. The van der Waals surface area contributed by atoms with Gasteiger partial charge in [-0.2, -0.15) is 0 Å². The Labute approximate surface area is 125 Å². The molecule has 0 fully saturated rings. The molecule has 2 aromatic rings. The molecule has 2 aromatic carbocycles. The topological polar surface area (TPSA) is 12.0 Å². The summed E-state index contributed by atoms with van der Waals surface area (Å²) in [4.78, 5) is 0. The zero-order valence-electron chi connectivity index (χ0n) is 12.7. The minimum Gasteiger partial charge on any atom is -0.306 e.